The molecule has 0 aliphatic heterocycles. The Morgan fingerprint density at radius 1 is 1.41 bits per heavy atom. The van der Waals surface area contributed by atoms with Gasteiger partial charge in [0.15, 0.2) is 0 Å². The summed E-state index contributed by atoms with van der Waals surface area (Å²) < 4.78 is 38.4. The third-order valence-electron chi connectivity index (χ3n) is 5.45. The first-order chi connectivity index (χ1) is 13.6. The highest BCUT2D eigenvalue weighted by Crippen LogP contribution is 2.54. The number of aromatic nitrogens is 2. The van der Waals surface area contributed by atoms with Gasteiger partial charge in [-0.1, -0.05) is 6.07 Å². The van der Waals surface area contributed by atoms with Gasteiger partial charge in [0.05, 0.1) is 6.04 Å². The first-order valence-corrected chi connectivity index (χ1v) is 9.09. The van der Waals surface area contributed by atoms with E-state index in [4.69, 9.17) is 11.1 Å². The lowest BCUT2D eigenvalue weighted by atomic mass is 9.88. The standard InChI is InChI=1S/C20H22F3N5O/c1-11-15(10-27-17(11)18(29)28-12(2)13(7-24)8-25)19(5-6-19)14-3-4-16(26-9-14)20(21,22)23/h3-4,7-10,12,24,27H,5-6,25H2,1-2H3,(H,28,29)/b13-8+,24-7?. The lowest BCUT2D eigenvalue weighted by Crippen LogP contribution is -2.35. The van der Waals surface area contributed by atoms with E-state index in [9.17, 15) is 18.0 Å². The number of hydrogen-bond donors (Lipinski definition) is 4. The second-order valence-electron chi connectivity index (χ2n) is 7.22. The molecule has 1 unspecified atom stereocenters. The highest BCUT2D eigenvalue weighted by molar-refractivity contribution is 5.95. The first-order valence-electron chi connectivity index (χ1n) is 9.09. The van der Waals surface area contributed by atoms with Crippen molar-refractivity contribution < 1.29 is 18.0 Å². The predicted octanol–water partition coefficient (Wildman–Crippen LogP) is 3.43. The Hall–Kier alpha value is -3.10. The number of carbonyl (C=O) groups is 1. The fourth-order valence-corrected chi connectivity index (χ4v) is 3.58. The van der Waals surface area contributed by atoms with E-state index in [2.05, 4.69) is 15.3 Å². The lowest BCUT2D eigenvalue weighted by molar-refractivity contribution is -0.141. The molecule has 29 heavy (non-hydrogen) atoms. The minimum Gasteiger partial charge on any atom is -0.404 e. The van der Waals surface area contributed by atoms with Crippen molar-refractivity contribution in [2.45, 2.75) is 44.3 Å². The van der Waals surface area contributed by atoms with Crippen molar-refractivity contribution in [3.8, 4) is 0 Å². The molecule has 0 spiro atoms. The van der Waals surface area contributed by atoms with Crippen LogP contribution in [-0.4, -0.2) is 28.1 Å². The summed E-state index contributed by atoms with van der Waals surface area (Å²) in [7, 11) is 0. The van der Waals surface area contributed by atoms with Crippen LogP contribution in [0.25, 0.3) is 0 Å². The SMILES string of the molecule is Cc1c(C2(c3ccc(C(F)(F)F)nc3)CC2)c[nH]c1C(=O)NC(C)/C(C=N)=C/N. The van der Waals surface area contributed by atoms with Crippen molar-refractivity contribution in [1.82, 2.24) is 15.3 Å². The Kier molecular flexibility index (Phi) is 5.25. The van der Waals surface area contributed by atoms with Crippen molar-refractivity contribution in [2.75, 3.05) is 0 Å². The third kappa shape index (κ3) is 3.76. The molecule has 1 saturated carbocycles. The number of nitrogens with zero attached hydrogens (tertiary/aromatic N) is 1. The maximum Gasteiger partial charge on any atom is 0.433 e. The van der Waals surface area contributed by atoms with Gasteiger partial charge >= 0.3 is 6.18 Å². The smallest absolute Gasteiger partial charge is 0.404 e. The van der Waals surface area contributed by atoms with Gasteiger partial charge in [-0.3, -0.25) is 9.78 Å². The summed E-state index contributed by atoms with van der Waals surface area (Å²) in [5, 5.41) is 10.1. The molecule has 1 amide bonds. The van der Waals surface area contributed by atoms with Crippen molar-refractivity contribution >= 4 is 12.1 Å². The molecule has 2 aromatic rings. The quantitative estimate of drug-likeness (QED) is 0.553. The molecular formula is C20H22F3N5O. The van der Waals surface area contributed by atoms with Crippen LogP contribution in [0.15, 0.2) is 36.3 Å². The second kappa shape index (κ2) is 7.38. The Morgan fingerprint density at radius 3 is 2.59 bits per heavy atom. The number of carbonyl (C=O) groups excluding carboxylic acids is 1. The molecule has 0 bridgehead atoms. The molecule has 1 atom stereocenters. The number of nitrogens with two attached hydrogens (primary N) is 1. The van der Waals surface area contributed by atoms with Crippen molar-refractivity contribution in [3.05, 3.63) is 64.4 Å². The van der Waals surface area contributed by atoms with Crippen LogP contribution in [0.5, 0.6) is 0 Å². The monoisotopic (exact) mass is 405 g/mol. The summed E-state index contributed by atoms with van der Waals surface area (Å²) in [5.74, 6) is -0.344. The zero-order valence-corrected chi connectivity index (χ0v) is 16.0. The van der Waals surface area contributed by atoms with E-state index in [-0.39, 0.29) is 5.91 Å². The van der Waals surface area contributed by atoms with Gasteiger partial charge in [0.1, 0.15) is 11.4 Å². The lowest BCUT2D eigenvalue weighted by Gasteiger charge is -2.17. The van der Waals surface area contributed by atoms with Gasteiger partial charge in [0, 0.05) is 35.8 Å². The maximum absolute atomic E-state index is 12.8. The van der Waals surface area contributed by atoms with Gasteiger partial charge < -0.3 is 21.4 Å². The van der Waals surface area contributed by atoms with Crippen LogP contribution in [-0.2, 0) is 11.6 Å². The molecular weight excluding hydrogens is 383 g/mol. The van der Waals surface area contributed by atoms with E-state index in [0.717, 1.165) is 36.2 Å². The summed E-state index contributed by atoms with van der Waals surface area (Å²) >= 11 is 0. The largest absolute Gasteiger partial charge is 0.433 e. The molecule has 1 aliphatic rings. The number of rotatable bonds is 6. The normalized spacial score (nSPS) is 16.9. The zero-order valence-electron chi connectivity index (χ0n) is 16.0. The summed E-state index contributed by atoms with van der Waals surface area (Å²) in [6.07, 6.45) is 2.40. The highest BCUT2D eigenvalue weighted by Gasteiger charge is 2.48. The average Bonchev–Trinajstić information content (AvgIpc) is 3.38. The number of aromatic amines is 1. The minimum atomic E-state index is -4.48. The third-order valence-corrected chi connectivity index (χ3v) is 5.45. The molecule has 1 aliphatic carbocycles. The second-order valence-corrected chi connectivity index (χ2v) is 7.22. The van der Waals surface area contributed by atoms with Crippen LogP contribution in [0, 0.1) is 12.3 Å². The Labute approximate surface area is 165 Å². The Morgan fingerprint density at radius 2 is 2.10 bits per heavy atom. The molecule has 2 aromatic heterocycles. The Bertz CT molecular complexity index is 955. The zero-order chi connectivity index (χ0) is 21.4. The van der Waals surface area contributed by atoms with E-state index in [0.29, 0.717) is 16.8 Å². The number of hydrogen-bond acceptors (Lipinski definition) is 4. The first kappa shape index (κ1) is 20.6. The molecule has 5 N–H and O–H groups in total. The van der Waals surface area contributed by atoms with E-state index in [1.165, 1.54) is 18.5 Å². The Balaban J connectivity index is 1.85. The van der Waals surface area contributed by atoms with Gasteiger partial charge in [-0.05, 0) is 49.4 Å². The fraction of sp³-hybridized carbons (Fsp3) is 0.350. The van der Waals surface area contributed by atoms with Crippen LogP contribution in [0.1, 0.15) is 52.6 Å². The summed E-state index contributed by atoms with van der Waals surface area (Å²) in [6.45, 7) is 3.52. The van der Waals surface area contributed by atoms with Crippen molar-refractivity contribution in [3.63, 3.8) is 0 Å². The number of pyridine rings is 1. The van der Waals surface area contributed by atoms with Gasteiger partial charge in [0.25, 0.3) is 5.91 Å². The molecule has 0 radical (unpaired) electrons. The molecule has 154 valence electrons. The van der Waals surface area contributed by atoms with Gasteiger partial charge in [-0.25, -0.2) is 0 Å². The van der Waals surface area contributed by atoms with Crippen LogP contribution >= 0.6 is 0 Å². The van der Waals surface area contributed by atoms with Crippen molar-refractivity contribution in [1.29, 1.82) is 5.41 Å². The van der Waals surface area contributed by atoms with Crippen LogP contribution in [0.2, 0.25) is 0 Å². The summed E-state index contributed by atoms with van der Waals surface area (Å²) in [6, 6.07) is 2.01. The minimum absolute atomic E-state index is 0.344. The topological polar surface area (TPSA) is 108 Å². The molecule has 1 fully saturated rings. The number of amides is 1. The van der Waals surface area contributed by atoms with Gasteiger partial charge in [-0.15, -0.1) is 0 Å². The molecule has 2 heterocycles. The molecule has 0 aromatic carbocycles. The van der Waals surface area contributed by atoms with Crippen LogP contribution in [0.4, 0.5) is 13.2 Å². The van der Waals surface area contributed by atoms with Crippen molar-refractivity contribution in [2.24, 2.45) is 5.73 Å². The fourth-order valence-electron chi connectivity index (χ4n) is 3.58. The number of alkyl halides is 3. The van der Waals surface area contributed by atoms with Crippen LogP contribution in [0.3, 0.4) is 0 Å². The molecule has 9 heteroatoms. The average molecular weight is 405 g/mol. The number of H-pyrrole nitrogens is 1. The summed E-state index contributed by atoms with van der Waals surface area (Å²) in [5.41, 5.74) is 7.25. The number of nitrogens with one attached hydrogen (secondary N) is 3. The highest BCUT2D eigenvalue weighted by atomic mass is 19.4. The predicted molar refractivity (Wildman–Crippen MR) is 103 cm³/mol. The number of halogens is 3. The van der Waals surface area contributed by atoms with E-state index in [1.54, 1.807) is 20.0 Å². The van der Waals surface area contributed by atoms with E-state index in [1.807, 2.05) is 0 Å². The van der Waals surface area contributed by atoms with E-state index < -0.39 is 23.3 Å². The van der Waals surface area contributed by atoms with Gasteiger partial charge in [-0.2, -0.15) is 13.2 Å². The molecule has 3 rings (SSSR count). The van der Waals surface area contributed by atoms with Crippen LogP contribution < -0.4 is 11.1 Å². The van der Waals surface area contributed by atoms with E-state index >= 15 is 0 Å². The summed E-state index contributed by atoms with van der Waals surface area (Å²) in [4.78, 5) is 19.2. The maximum atomic E-state index is 12.8. The van der Waals surface area contributed by atoms with Gasteiger partial charge in [0.2, 0.25) is 0 Å². The molecule has 0 saturated heterocycles. The molecule has 6 nitrogen and oxygen atoms in total.